The van der Waals surface area contributed by atoms with Crippen LogP contribution in [0, 0.1) is 6.92 Å². The van der Waals surface area contributed by atoms with Crippen molar-refractivity contribution < 1.29 is 0 Å². The zero-order valence-corrected chi connectivity index (χ0v) is 13.9. The van der Waals surface area contributed by atoms with E-state index in [2.05, 4.69) is 38.1 Å². The molecule has 2 unspecified atom stereocenters. The third-order valence-electron chi connectivity index (χ3n) is 3.74. The maximum Gasteiger partial charge on any atom is 0.0472 e. The Morgan fingerprint density at radius 3 is 2.63 bits per heavy atom. The Kier molecular flexibility index (Phi) is 7.22. The molecule has 1 rings (SSSR count). The number of nitrogens with two attached hydrogens (primary N) is 1. The van der Waals surface area contributed by atoms with Crippen molar-refractivity contribution in [2.45, 2.75) is 32.4 Å². The van der Waals surface area contributed by atoms with Crippen LogP contribution >= 0.6 is 23.4 Å². The van der Waals surface area contributed by atoms with Crippen molar-refractivity contribution in [1.29, 1.82) is 0 Å². The van der Waals surface area contributed by atoms with E-state index in [1.54, 1.807) is 0 Å². The van der Waals surface area contributed by atoms with Gasteiger partial charge in [0.05, 0.1) is 0 Å². The highest BCUT2D eigenvalue weighted by Crippen LogP contribution is 2.26. The van der Waals surface area contributed by atoms with Crippen LogP contribution in [0.4, 0.5) is 0 Å². The Morgan fingerprint density at radius 2 is 2.11 bits per heavy atom. The lowest BCUT2D eigenvalue weighted by atomic mass is 9.99. The first-order valence-corrected chi connectivity index (χ1v) is 8.45. The molecule has 0 aromatic heterocycles. The molecule has 2 N–H and O–H groups in total. The van der Waals surface area contributed by atoms with Gasteiger partial charge in [0.1, 0.15) is 0 Å². The van der Waals surface area contributed by atoms with E-state index < -0.39 is 0 Å². The van der Waals surface area contributed by atoms with E-state index in [0.29, 0.717) is 12.6 Å². The van der Waals surface area contributed by atoms with Crippen molar-refractivity contribution in [2.75, 3.05) is 25.6 Å². The molecule has 0 saturated heterocycles. The molecule has 2 nitrogen and oxygen atoms in total. The lowest BCUT2D eigenvalue weighted by Gasteiger charge is -2.33. The second-order valence-corrected chi connectivity index (χ2v) is 6.47. The summed E-state index contributed by atoms with van der Waals surface area (Å²) >= 11 is 7.92. The van der Waals surface area contributed by atoms with Crippen LogP contribution in [-0.2, 0) is 0 Å². The number of benzene rings is 1. The van der Waals surface area contributed by atoms with Crippen LogP contribution < -0.4 is 5.73 Å². The van der Waals surface area contributed by atoms with Crippen LogP contribution in [0.25, 0.3) is 0 Å². The summed E-state index contributed by atoms with van der Waals surface area (Å²) in [5.41, 5.74) is 8.50. The third kappa shape index (κ3) is 4.67. The Hall–Kier alpha value is -0.220. The highest BCUT2D eigenvalue weighted by atomic mass is 35.5. The van der Waals surface area contributed by atoms with Crippen molar-refractivity contribution in [3.05, 3.63) is 34.3 Å². The van der Waals surface area contributed by atoms with Crippen molar-refractivity contribution in [3.8, 4) is 0 Å². The summed E-state index contributed by atoms with van der Waals surface area (Å²) < 4.78 is 0. The minimum Gasteiger partial charge on any atom is -0.329 e. The third-order valence-corrected chi connectivity index (χ3v) is 4.62. The lowest BCUT2D eigenvalue weighted by molar-refractivity contribution is 0.185. The first kappa shape index (κ1) is 16.8. The van der Waals surface area contributed by atoms with Gasteiger partial charge in [-0.15, -0.1) is 0 Å². The molecular weight excluding hydrogens is 276 g/mol. The highest BCUT2D eigenvalue weighted by Gasteiger charge is 2.21. The molecule has 108 valence electrons. The molecule has 0 saturated carbocycles. The molecule has 0 fully saturated rings. The van der Waals surface area contributed by atoms with Crippen LogP contribution in [0.3, 0.4) is 0 Å². The van der Waals surface area contributed by atoms with E-state index in [0.717, 1.165) is 5.02 Å². The van der Waals surface area contributed by atoms with Gasteiger partial charge in [-0.3, -0.25) is 4.90 Å². The molecule has 0 aliphatic rings. The van der Waals surface area contributed by atoms with Crippen molar-refractivity contribution in [2.24, 2.45) is 5.73 Å². The maximum atomic E-state index is 6.03. The minimum atomic E-state index is 0.258. The van der Waals surface area contributed by atoms with Gasteiger partial charge in [0.15, 0.2) is 0 Å². The number of rotatable bonds is 7. The second kappa shape index (κ2) is 8.15. The van der Waals surface area contributed by atoms with Crippen LogP contribution in [0.2, 0.25) is 5.02 Å². The summed E-state index contributed by atoms with van der Waals surface area (Å²) in [7, 11) is 2.16. The lowest BCUT2D eigenvalue weighted by Crippen LogP contribution is -2.37. The first-order valence-electron chi connectivity index (χ1n) is 6.68. The van der Waals surface area contributed by atoms with Crippen molar-refractivity contribution in [1.82, 2.24) is 4.90 Å². The summed E-state index contributed by atoms with van der Waals surface area (Å²) in [6.07, 6.45) is 3.33. The number of likely N-dealkylation sites (N-methyl/N-ethyl adjacent to an activating group) is 1. The molecule has 1 aromatic rings. The van der Waals surface area contributed by atoms with Crippen LogP contribution in [-0.4, -0.2) is 36.5 Å². The van der Waals surface area contributed by atoms with E-state index in [1.165, 1.54) is 23.3 Å². The number of hydrogen-bond acceptors (Lipinski definition) is 3. The standard InChI is InChI=1S/C15H25ClN2S/c1-11-9-13(16)5-6-14(11)15(10-17)18(3)12(2)7-8-19-4/h5-6,9,12,15H,7-8,10,17H2,1-4H3. The Balaban J connectivity index is 2.86. The Bertz CT molecular complexity index is 398. The fraction of sp³-hybridized carbons (Fsp3) is 0.600. The van der Waals surface area contributed by atoms with Crippen molar-refractivity contribution >= 4 is 23.4 Å². The minimum absolute atomic E-state index is 0.258. The van der Waals surface area contributed by atoms with Gasteiger partial charge in [-0.05, 0) is 62.6 Å². The summed E-state index contributed by atoms with van der Waals surface area (Å²) in [4.78, 5) is 2.38. The average Bonchev–Trinajstić information content (AvgIpc) is 2.38. The van der Waals surface area contributed by atoms with Crippen molar-refractivity contribution in [3.63, 3.8) is 0 Å². The van der Waals surface area contributed by atoms with E-state index in [9.17, 15) is 0 Å². The van der Waals surface area contributed by atoms with E-state index in [1.807, 2.05) is 23.9 Å². The largest absolute Gasteiger partial charge is 0.329 e. The van der Waals surface area contributed by atoms with Crippen LogP contribution in [0.15, 0.2) is 18.2 Å². The Labute approximate surface area is 126 Å². The van der Waals surface area contributed by atoms with E-state index in [-0.39, 0.29) is 6.04 Å². The zero-order valence-electron chi connectivity index (χ0n) is 12.3. The molecule has 0 spiro atoms. The smallest absolute Gasteiger partial charge is 0.0472 e. The molecule has 0 heterocycles. The fourth-order valence-corrected chi connectivity index (χ4v) is 3.13. The van der Waals surface area contributed by atoms with Gasteiger partial charge < -0.3 is 5.73 Å². The van der Waals surface area contributed by atoms with Gasteiger partial charge in [0, 0.05) is 23.7 Å². The van der Waals surface area contributed by atoms with Gasteiger partial charge in [-0.1, -0.05) is 17.7 Å². The van der Waals surface area contributed by atoms with Gasteiger partial charge in [-0.25, -0.2) is 0 Å². The molecule has 0 radical (unpaired) electrons. The molecule has 0 aliphatic heterocycles. The quantitative estimate of drug-likeness (QED) is 0.832. The normalized spacial score (nSPS) is 14.7. The highest BCUT2D eigenvalue weighted by molar-refractivity contribution is 7.98. The zero-order chi connectivity index (χ0) is 14.4. The maximum absolute atomic E-state index is 6.03. The molecular formula is C15H25ClN2S. The predicted molar refractivity (Wildman–Crippen MR) is 88.2 cm³/mol. The molecule has 0 amide bonds. The summed E-state index contributed by atoms with van der Waals surface area (Å²) in [5, 5.41) is 0.787. The molecule has 0 bridgehead atoms. The number of aryl methyl sites for hydroxylation is 1. The summed E-state index contributed by atoms with van der Waals surface area (Å²) in [6.45, 7) is 5.00. The molecule has 1 aromatic carbocycles. The molecule has 2 atom stereocenters. The fourth-order valence-electron chi connectivity index (χ4n) is 2.32. The monoisotopic (exact) mass is 300 g/mol. The summed E-state index contributed by atoms with van der Waals surface area (Å²) in [5.74, 6) is 1.18. The number of hydrogen-bond donors (Lipinski definition) is 1. The average molecular weight is 301 g/mol. The number of thioether (sulfide) groups is 1. The van der Waals surface area contributed by atoms with Gasteiger partial charge in [0.2, 0.25) is 0 Å². The molecule has 0 aliphatic carbocycles. The first-order chi connectivity index (χ1) is 9.01. The van der Waals surface area contributed by atoms with E-state index >= 15 is 0 Å². The van der Waals surface area contributed by atoms with Gasteiger partial charge >= 0.3 is 0 Å². The van der Waals surface area contributed by atoms with E-state index in [4.69, 9.17) is 17.3 Å². The predicted octanol–water partition coefficient (Wildman–Crippen LogP) is 3.72. The SMILES string of the molecule is CSCCC(C)N(C)C(CN)c1ccc(Cl)cc1C. The van der Waals surface area contributed by atoms with Gasteiger partial charge in [-0.2, -0.15) is 11.8 Å². The number of halogens is 1. The topological polar surface area (TPSA) is 29.3 Å². The molecule has 19 heavy (non-hydrogen) atoms. The van der Waals surface area contributed by atoms with Crippen LogP contribution in [0.5, 0.6) is 0 Å². The summed E-state index contributed by atoms with van der Waals surface area (Å²) in [6, 6.07) is 6.85. The second-order valence-electron chi connectivity index (χ2n) is 5.05. The molecule has 4 heteroatoms. The van der Waals surface area contributed by atoms with Crippen LogP contribution in [0.1, 0.15) is 30.5 Å². The van der Waals surface area contributed by atoms with Gasteiger partial charge in [0.25, 0.3) is 0 Å². The number of nitrogens with zero attached hydrogens (tertiary/aromatic N) is 1. The Morgan fingerprint density at radius 1 is 1.42 bits per heavy atom.